The number of fused-ring (bicyclic) bond motifs is 1. The summed E-state index contributed by atoms with van der Waals surface area (Å²) in [6.07, 6.45) is 0. The van der Waals surface area contributed by atoms with Gasteiger partial charge in [-0.05, 0) is 40.2 Å². The first-order valence-corrected chi connectivity index (χ1v) is 7.09. The molecule has 0 saturated carbocycles. The number of imide groups is 1. The van der Waals surface area contributed by atoms with Crippen LogP contribution in [0.2, 0.25) is 5.02 Å². The molecule has 0 atom stereocenters. The topological polar surface area (TPSA) is 61.2 Å². The Morgan fingerprint density at radius 1 is 1.05 bits per heavy atom. The van der Waals surface area contributed by atoms with Crippen molar-refractivity contribution >= 4 is 45.0 Å². The van der Waals surface area contributed by atoms with Crippen molar-refractivity contribution in [1.29, 1.82) is 5.26 Å². The lowest BCUT2D eigenvalue weighted by molar-refractivity contribution is 0.0926. The van der Waals surface area contributed by atoms with Gasteiger partial charge in [-0.3, -0.25) is 9.59 Å². The third kappa shape index (κ3) is 1.96. The molecular weight excluding hydrogens is 356 g/mol. The molecule has 2 aromatic rings. The van der Waals surface area contributed by atoms with E-state index in [-0.39, 0.29) is 16.3 Å². The van der Waals surface area contributed by atoms with Crippen LogP contribution in [0.25, 0.3) is 0 Å². The molecule has 0 radical (unpaired) electrons. The van der Waals surface area contributed by atoms with Gasteiger partial charge < -0.3 is 0 Å². The minimum absolute atomic E-state index is 0.0707. The van der Waals surface area contributed by atoms with E-state index in [1.54, 1.807) is 30.3 Å². The van der Waals surface area contributed by atoms with Gasteiger partial charge in [-0.15, -0.1) is 0 Å². The van der Waals surface area contributed by atoms with Gasteiger partial charge in [-0.25, -0.2) is 4.90 Å². The number of benzene rings is 2. The van der Waals surface area contributed by atoms with E-state index in [4.69, 9.17) is 16.9 Å². The lowest BCUT2D eigenvalue weighted by Gasteiger charge is -2.18. The third-order valence-corrected chi connectivity index (χ3v) is 4.23. The molecular formula is C15H6BrClN2O2. The standard InChI is InChI=1S/C15H6BrClN2O2/c16-11-6-5-8(7-18)12(17)13(11)19-14(20)9-3-1-2-4-10(9)15(19)21/h1-6H. The van der Waals surface area contributed by atoms with E-state index in [9.17, 15) is 9.59 Å². The Bertz CT molecular complexity index is 807. The van der Waals surface area contributed by atoms with E-state index in [1.807, 2.05) is 6.07 Å². The van der Waals surface area contributed by atoms with E-state index < -0.39 is 11.8 Å². The first-order valence-electron chi connectivity index (χ1n) is 5.92. The van der Waals surface area contributed by atoms with Crippen LogP contribution in [0, 0.1) is 11.3 Å². The minimum Gasteiger partial charge on any atom is -0.268 e. The van der Waals surface area contributed by atoms with Crippen LogP contribution in [0.15, 0.2) is 40.9 Å². The Balaban J connectivity index is 2.23. The maximum atomic E-state index is 12.5. The molecule has 6 heteroatoms. The summed E-state index contributed by atoms with van der Waals surface area (Å²) in [5, 5.41) is 9.11. The predicted molar refractivity (Wildman–Crippen MR) is 81.4 cm³/mol. The van der Waals surface area contributed by atoms with Crippen molar-refractivity contribution in [1.82, 2.24) is 0 Å². The highest BCUT2D eigenvalue weighted by molar-refractivity contribution is 9.10. The normalized spacial score (nSPS) is 13.3. The highest BCUT2D eigenvalue weighted by atomic mass is 79.9. The highest BCUT2D eigenvalue weighted by Crippen LogP contribution is 2.40. The second-order valence-electron chi connectivity index (χ2n) is 4.36. The monoisotopic (exact) mass is 360 g/mol. The van der Waals surface area contributed by atoms with Crippen LogP contribution >= 0.6 is 27.5 Å². The Hall–Kier alpha value is -2.16. The molecule has 0 N–H and O–H groups in total. The van der Waals surface area contributed by atoms with E-state index in [0.717, 1.165) is 4.90 Å². The molecule has 4 nitrogen and oxygen atoms in total. The summed E-state index contributed by atoms with van der Waals surface area (Å²) >= 11 is 9.45. The highest BCUT2D eigenvalue weighted by Gasteiger charge is 2.38. The summed E-state index contributed by atoms with van der Waals surface area (Å²) in [5.41, 5.74) is 1.05. The molecule has 2 amide bonds. The van der Waals surface area contributed by atoms with Crippen molar-refractivity contribution in [3.63, 3.8) is 0 Å². The van der Waals surface area contributed by atoms with Gasteiger partial charge in [-0.2, -0.15) is 5.26 Å². The van der Waals surface area contributed by atoms with Crippen LogP contribution in [-0.2, 0) is 0 Å². The number of amides is 2. The number of carbonyl (C=O) groups is 2. The van der Waals surface area contributed by atoms with E-state index >= 15 is 0 Å². The molecule has 3 rings (SSSR count). The lowest BCUT2D eigenvalue weighted by atomic mass is 10.1. The molecule has 1 heterocycles. The number of hydrogen-bond acceptors (Lipinski definition) is 3. The Labute approximate surface area is 133 Å². The summed E-state index contributed by atoms with van der Waals surface area (Å²) in [6.45, 7) is 0. The number of nitrogens with zero attached hydrogens (tertiary/aromatic N) is 2. The van der Waals surface area contributed by atoms with Gasteiger partial charge in [0.05, 0.1) is 27.4 Å². The minimum atomic E-state index is -0.451. The van der Waals surface area contributed by atoms with Crippen molar-refractivity contribution in [2.45, 2.75) is 0 Å². The Morgan fingerprint density at radius 3 is 2.14 bits per heavy atom. The zero-order valence-electron chi connectivity index (χ0n) is 10.4. The van der Waals surface area contributed by atoms with Crippen LogP contribution < -0.4 is 4.90 Å². The largest absolute Gasteiger partial charge is 0.268 e. The molecule has 0 fully saturated rings. The average molecular weight is 362 g/mol. The van der Waals surface area contributed by atoms with Crippen molar-refractivity contribution in [2.24, 2.45) is 0 Å². The van der Waals surface area contributed by atoms with Crippen LogP contribution in [0.5, 0.6) is 0 Å². The van der Waals surface area contributed by atoms with Crippen LogP contribution in [0.4, 0.5) is 5.69 Å². The number of nitriles is 1. The number of carbonyl (C=O) groups excluding carboxylic acids is 2. The number of halogens is 2. The van der Waals surface area contributed by atoms with Crippen molar-refractivity contribution in [3.05, 3.63) is 62.6 Å². The van der Waals surface area contributed by atoms with Crippen LogP contribution in [-0.4, -0.2) is 11.8 Å². The molecule has 0 aliphatic carbocycles. The smallest absolute Gasteiger partial charge is 0.266 e. The fourth-order valence-corrected chi connectivity index (χ4v) is 3.14. The van der Waals surface area contributed by atoms with Crippen LogP contribution in [0.1, 0.15) is 26.3 Å². The Kier molecular flexibility index (Phi) is 3.28. The summed E-state index contributed by atoms with van der Waals surface area (Å²) in [5.74, 6) is -0.901. The van der Waals surface area contributed by atoms with Gasteiger partial charge in [0.2, 0.25) is 0 Å². The fraction of sp³-hybridized carbons (Fsp3) is 0. The third-order valence-electron chi connectivity index (χ3n) is 3.21. The number of anilines is 1. The first kappa shape index (κ1) is 13.8. The summed E-state index contributed by atoms with van der Waals surface area (Å²) in [4.78, 5) is 25.9. The first-order chi connectivity index (χ1) is 10.1. The molecule has 0 unspecified atom stereocenters. The van der Waals surface area contributed by atoms with Crippen molar-refractivity contribution < 1.29 is 9.59 Å². The second-order valence-corrected chi connectivity index (χ2v) is 5.59. The van der Waals surface area contributed by atoms with Gasteiger partial charge in [-0.1, -0.05) is 23.7 Å². The quantitative estimate of drug-likeness (QED) is 0.726. The van der Waals surface area contributed by atoms with Crippen molar-refractivity contribution in [2.75, 3.05) is 4.90 Å². The molecule has 1 aliphatic heterocycles. The summed E-state index contributed by atoms with van der Waals surface area (Å²) in [7, 11) is 0. The SMILES string of the molecule is N#Cc1ccc(Br)c(N2C(=O)c3ccccc3C2=O)c1Cl. The van der Waals surface area contributed by atoms with Crippen LogP contribution in [0.3, 0.4) is 0 Å². The molecule has 0 bridgehead atoms. The fourth-order valence-electron chi connectivity index (χ4n) is 2.22. The molecule has 21 heavy (non-hydrogen) atoms. The lowest BCUT2D eigenvalue weighted by Crippen LogP contribution is -2.30. The second kappa shape index (κ2) is 4.99. The van der Waals surface area contributed by atoms with Gasteiger partial charge >= 0.3 is 0 Å². The van der Waals surface area contributed by atoms with Gasteiger partial charge in [0, 0.05) is 4.47 Å². The zero-order chi connectivity index (χ0) is 15.1. The number of rotatable bonds is 1. The van der Waals surface area contributed by atoms with E-state index in [2.05, 4.69) is 15.9 Å². The molecule has 0 saturated heterocycles. The molecule has 102 valence electrons. The van der Waals surface area contributed by atoms with E-state index in [0.29, 0.717) is 15.6 Å². The summed E-state index contributed by atoms with van der Waals surface area (Å²) < 4.78 is 0.473. The number of hydrogen-bond donors (Lipinski definition) is 0. The van der Waals surface area contributed by atoms with E-state index in [1.165, 1.54) is 6.07 Å². The maximum Gasteiger partial charge on any atom is 0.266 e. The van der Waals surface area contributed by atoms with Gasteiger partial charge in [0.15, 0.2) is 0 Å². The molecule has 0 spiro atoms. The van der Waals surface area contributed by atoms with Crippen molar-refractivity contribution in [3.8, 4) is 6.07 Å². The van der Waals surface area contributed by atoms with Gasteiger partial charge in [0.1, 0.15) is 6.07 Å². The predicted octanol–water partition coefficient (Wildman–Crippen LogP) is 3.77. The zero-order valence-corrected chi connectivity index (χ0v) is 12.8. The molecule has 1 aliphatic rings. The average Bonchev–Trinajstić information content (AvgIpc) is 2.73. The Morgan fingerprint density at radius 2 is 1.62 bits per heavy atom. The molecule has 0 aromatic heterocycles. The van der Waals surface area contributed by atoms with Gasteiger partial charge in [0.25, 0.3) is 11.8 Å². The maximum absolute atomic E-state index is 12.5. The molecule has 2 aromatic carbocycles. The summed E-state index contributed by atoms with van der Waals surface area (Å²) in [6, 6.07) is 11.6.